The van der Waals surface area contributed by atoms with E-state index in [0.717, 1.165) is 6.07 Å². The molecule has 1 aromatic rings. The largest absolute Gasteiger partial charge is 0.481 e. The average molecular weight is 369 g/mol. The number of hydrogen-bond donors (Lipinski definition) is 3. The van der Waals surface area contributed by atoms with Gasteiger partial charge in [0.1, 0.15) is 11.6 Å². The average Bonchev–Trinajstić information content (AvgIpc) is 2.89. The molecule has 0 aromatic heterocycles. The van der Waals surface area contributed by atoms with Crippen LogP contribution in [0.4, 0.5) is 8.78 Å². The first kappa shape index (κ1) is 18.0. The Bertz CT molecular complexity index is 715. The van der Waals surface area contributed by atoms with Crippen LogP contribution in [0.15, 0.2) is 12.1 Å². The van der Waals surface area contributed by atoms with Crippen LogP contribution in [0.3, 0.4) is 0 Å². The van der Waals surface area contributed by atoms with Crippen molar-refractivity contribution in [3.05, 3.63) is 34.9 Å². The van der Waals surface area contributed by atoms with Gasteiger partial charge in [-0.05, 0) is 55.1 Å². The fourth-order valence-electron chi connectivity index (χ4n) is 4.01. The molecule has 1 aromatic carbocycles. The van der Waals surface area contributed by atoms with E-state index in [1.165, 1.54) is 6.07 Å². The van der Waals surface area contributed by atoms with Gasteiger partial charge in [0.15, 0.2) is 5.11 Å². The zero-order chi connectivity index (χ0) is 18.2. The number of nitrogens with two attached hydrogens (primary N) is 1. The Hall–Kier alpha value is -1.80. The van der Waals surface area contributed by atoms with E-state index < -0.39 is 23.1 Å². The Morgan fingerprint density at radius 3 is 2.92 bits per heavy atom. The quantitative estimate of drug-likeness (QED) is 0.684. The van der Waals surface area contributed by atoms with Crippen molar-refractivity contribution in [2.45, 2.75) is 43.7 Å². The number of fused-ring (bicyclic) bond motifs is 1. The molecule has 1 heterocycles. The van der Waals surface area contributed by atoms with Crippen molar-refractivity contribution in [2.24, 2.45) is 5.73 Å². The van der Waals surface area contributed by atoms with Gasteiger partial charge in [-0.3, -0.25) is 4.79 Å². The van der Waals surface area contributed by atoms with Crippen molar-refractivity contribution >= 4 is 23.3 Å². The van der Waals surface area contributed by atoms with Gasteiger partial charge < -0.3 is 21.1 Å². The maximum absolute atomic E-state index is 14.0. The Kier molecular flexibility index (Phi) is 4.92. The van der Waals surface area contributed by atoms with Crippen molar-refractivity contribution in [3.8, 4) is 0 Å². The molecule has 0 radical (unpaired) electrons. The third-order valence-electron chi connectivity index (χ3n) is 5.28. The molecular weight excluding hydrogens is 348 g/mol. The standard InChI is InChI=1S/C17H21F2N3O2S/c18-11-5-10-6-12(1-2-13(10)14(19)7-11)22-16(25)21-9-17(22,8-20)4-3-15(23)24/h5,7,12H,1-4,6,8-9,20H2,(H,21,25)(H,23,24)/t12?,17-/m0/s1. The van der Waals surface area contributed by atoms with E-state index >= 15 is 0 Å². The SMILES string of the molecule is NC[C@@]1(CCC(=O)O)CNC(=S)N1C1CCc2c(F)cc(F)cc2C1. The summed E-state index contributed by atoms with van der Waals surface area (Å²) < 4.78 is 27.6. The number of carboxylic acids is 1. The topological polar surface area (TPSA) is 78.6 Å². The molecule has 2 aliphatic rings. The second-order valence-corrected chi connectivity index (χ2v) is 7.16. The van der Waals surface area contributed by atoms with E-state index in [9.17, 15) is 13.6 Å². The van der Waals surface area contributed by atoms with Crippen LogP contribution in [0, 0.1) is 11.6 Å². The fourth-order valence-corrected chi connectivity index (χ4v) is 4.42. The molecule has 0 spiro atoms. The van der Waals surface area contributed by atoms with Crippen molar-refractivity contribution in [2.75, 3.05) is 13.1 Å². The highest BCUT2D eigenvalue weighted by Gasteiger charge is 2.46. The normalized spacial score (nSPS) is 25.6. The summed E-state index contributed by atoms with van der Waals surface area (Å²) in [5.74, 6) is -1.98. The molecule has 1 aliphatic heterocycles. The summed E-state index contributed by atoms with van der Waals surface area (Å²) in [4.78, 5) is 13.0. The molecule has 4 N–H and O–H groups in total. The number of nitrogens with zero attached hydrogens (tertiary/aromatic N) is 1. The number of carboxylic acid groups (broad SMARTS) is 1. The fraction of sp³-hybridized carbons (Fsp3) is 0.529. The van der Waals surface area contributed by atoms with Crippen LogP contribution in [0.1, 0.15) is 30.4 Å². The molecule has 1 fully saturated rings. The summed E-state index contributed by atoms with van der Waals surface area (Å²) in [6, 6.07) is 2.23. The zero-order valence-electron chi connectivity index (χ0n) is 13.7. The second kappa shape index (κ2) is 6.84. The monoisotopic (exact) mass is 369 g/mol. The minimum Gasteiger partial charge on any atom is -0.481 e. The minimum absolute atomic E-state index is 0.00937. The van der Waals surface area contributed by atoms with Gasteiger partial charge in [0.25, 0.3) is 0 Å². The molecule has 1 aliphatic carbocycles. The van der Waals surface area contributed by atoms with Gasteiger partial charge in [-0.25, -0.2) is 8.78 Å². The molecule has 0 saturated carbocycles. The number of halogens is 2. The van der Waals surface area contributed by atoms with Gasteiger partial charge in [0.05, 0.1) is 5.54 Å². The van der Waals surface area contributed by atoms with Gasteiger partial charge in [0.2, 0.25) is 0 Å². The summed E-state index contributed by atoms with van der Waals surface area (Å²) in [5.41, 5.74) is 6.62. The van der Waals surface area contributed by atoms with E-state index in [1.54, 1.807) is 0 Å². The first-order chi connectivity index (χ1) is 11.9. The smallest absolute Gasteiger partial charge is 0.303 e. The highest BCUT2D eigenvalue weighted by molar-refractivity contribution is 7.80. The lowest BCUT2D eigenvalue weighted by molar-refractivity contribution is -0.137. The predicted molar refractivity (Wildman–Crippen MR) is 93.3 cm³/mol. The predicted octanol–water partition coefficient (Wildman–Crippen LogP) is 1.57. The third-order valence-corrected chi connectivity index (χ3v) is 5.62. The number of benzene rings is 1. The van der Waals surface area contributed by atoms with Crippen LogP contribution in [-0.2, 0) is 17.6 Å². The molecule has 5 nitrogen and oxygen atoms in total. The first-order valence-corrected chi connectivity index (χ1v) is 8.73. The number of nitrogens with one attached hydrogen (secondary N) is 1. The summed E-state index contributed by atoms with van der Waals surface area (Å²) in [5, 5.41) is 12.7. The Balaban J connectivity index is 1.88. The number of carbonyl (C=O) groups is 1. The van der Waals surface area contributed by atoms with Gasteiger partial charge in [-0.2, -0.15) is 0 Å². The lowest BCUT2D eigenvalue weighted by atomic mass is 9.83. The van der Waals surface area contributed by atoms with E-state index in [1.807, 2.05) is 4.90 Å². The number of aliphatic carboxylic acids is 1. The summed E-state index contributed by atoms with van der Waals surface area (Å²) >= 11 is 5.43. The first-order valence-electron chi connectivity index (χ1n) is 8.32. The van der Waals surface area contributed by atoms with Crippen LogP contribution in [0.5, 0.6) is 0 Å². The second-order valence-electron chi connectivity index (χ2n) is 6.77. The van der Waals surface area contributed by atoms with Crippen LogP contribution in [-0.4, -0.2) is 45.8 Å². The van der Waals surface area contributed by atoms with Gasteiger partial charge in [-0.1, -0.05) is 0 Å². The molecule has 25 heavy (non-hydrogen) atoms. The van der Waals surface area contributed by atoms with Crippen LogP contribution in [0.25, 0.3) is 0 Å². The number of hydrogen-bond acceptors (Lipinski definition) is 3. The third kappa shape index (κ3) is 3.32. The van der Waals surface area contributed by atoms with Crippen molar-refractivity contribution in [1.29, 1.82) is 0 Å². The van der Waals surface area contributed by atoms with E-state index in [-0.39, 0.29) is 19.0 Å². The number of rotatable bonds is 5. The number of thiocarbonyl (C=S) groups is 1. The maximum Gasteiger partial charge on any atom is 0.303 e. The zero-order valence-corrected chi connectivity index (χ0v) is 14.5. The van der Waals surface area contributed by atoms with Gasteiger partial charge in [-0.15, -0.1) is 0 Å². The molecular formula is C17H21F2N3O2S. The minimum atomic E-state index is -0.885. The van der Waals surface area contributed by atoms with Gasteiger partial charge >= 0.3 is 5.97 Å². The van der Waals surface area contributed by atoms with Crippen molar-refractivity contribution in [3.63, 3.8) is 0 Å². The van der Waals surface area contributed by atoms with Crippen LogP contribution in [0.2, 0.25) is 0 Å². The Morgan fingerprint density at radius 2 is 2.24 bits per heavy atom. The summed E-state index contributed by atoms with van der Waals surface area (Å²) in [7, 11) is 0. The Labute approximate surface area is 150 Å². The van der Waals surface area contributed by atoms with Crippen LogP contribution >= 0.6 is 12.2 Å². The summed E-state index contributed by atoms with van der Waals surface area (Å²) in [6.45, 7) is 0.741. The molecule has 2 atom stereocenters. The van der Waals surface area contributed by atoms with E-state index in [0.29, 0.717) is 48.5 Å². The molecule has 136 valence electrons. The molecule has 1 saturated heterocycles. The highest BCUT2D eigenvalue weighted by Crippen LogP contribution is 2.34. The molecule has 0 amide bonds. The molecule has 8 heteroatoms. The molecule has 3 rings (SSSR count). The van der Waals surface area contributed by atoms with E-state index in [4.69, 9.17) is 23.1 Å². The van der Waals surface area contributed by atoms with Gasteiger partial charge in [0, 0.05) is 31.6 Å². The van der Waals surface area contributed by atoms with Crippen molar-refractivity contribution in [1.82, 2.24) is 10.2 Å². The summed E-state index contributed by atoms with van der Waals surface area (Å²) in [6.07, 6.45) is 1.97. The van der Waals surface area contributed by atoms with Crippen LogP contribution < -0.4 is 11.1 Å². The maximum atomic E-state index is 14.0. The molecule has 1 unspecified atom stereocenters. The van der Waals surface area contributed by atoms with E-state index in [2.05, 4.69) is 5.32 Å². The van der Waals surface area contributed by atoms with Crippen molar-refractivity contribution < 1.29 is 18.7 Å². The molecule has 0 bridgehead atoms. The lowest BCUT2D eigenvalue weighted by Gasteiger charge is -2.44. The Morgan fingerprint density at radius 1 is 1.48 bits per heavy atom. The lowest BCUT2D eigenvalue weighted by Crippen LogP contribution is -2.58. The highest BCUT2D eigenvalue weighted by atomic mass is 32.1.